The Kier molecular flexibility index (Phi) is 2.80. The van der Waals surface area contributed by atoms with Gasteiger partial charge in [-0.2, -0.15) is 0 Å². The van der Waals surface area contributed by atoms with Gasteiger partial charge in [0.05, 0.1) is 0 Å². The van der Waals surface area contributed by atoms with Crippen LogP contribution in [-0.2, 0) is 13.1 Å². The minimum absolute atomic E-state index is 1.04. The molecule has 0 aliphatic carbocycles. The van der Waals surface area contributed by atoms with Crippen molar-refractivity contribution in [3.8, 4) is 0 Å². The summed E-state index contributed by atoms with van der Waals surface area (Å²) >= 11 is 2.11. The Morgan fingerprint density at radius 2 is 1.43 bits per heavy atom. The third kappa shape index (κ3) is 1.36. The predicted octanol–water partition coefficient (Wildman–Crippen LogP) is 2.18. The fourth-order valence-corrected chi connectivity index (χ4v) is 3.18. The predicted molar refractivity (Wildman–Crippen MR) is 60.3 cm³/mol. The fourth-order valence-electron chi connectivity index (χ4n) is 1.88. The molecule has 1 aromatic heterocycles. The molecule has 0 unspecified atom stereocenters. The molecule has 1 aromatic carbocycles. The third-order valence-electron chi connectivity index (χ3n) is 2.56. The maximum absolute atomic E-state index is 2.36. The number of rotatable bonds is 2. The summed E-state index contributed by atoms with van der Waals surface area (Å²) in [6, 6.07) is 8.60. The quantitative estimate of drug-likeness (QED) is 0.753. The summed E-state index contributed by atoms with van der Waals surface area (Å²) in [6.07, 6.45) is 0. The topological polar surface area (TPSA) is 9.86 Å². The number of para-hydroxylation sites is 2. The van der Waals surface area contributed by atoms with Crippen molar-refractivity contribution in [1.82, 2.24) is 9.13 Å². The summed E-state index contributed by atoms with van der Waals surface area (Å²) < 4.78 is 6.08. The van der Waals surface area contributed by atoms with Crippen LogP contribution in [0.15, 0.2) is 24.3 Å². The molecule has 0 N–H and O–H groups in total. The standard InChI is InChI=1S/C11H14N2Te/c1-3-12-9-7-5-6-8-10(9)13(4-2)11(12)14/h5-8H,3-4H2,1-2H3. The van der Waals surface area contributed by atoms with E-state index >= 15 is 0 Å². The Bertz CT molecular complexity index is 463. The molecular formula is C11H14N2Te. The number of benzene rings is 1. The van der Waals surface area contributed by atoms with Gasteiger partial charge in [0.25, 0.3) is 0 Å². The molecule has 0 atom stereocenters. The Labute approximate surface area is 96.6 Å². The molecule has 14 heavy (non-hydrogen) atoms. The van der Waals surface area contributed by atoms with Crippen molar-refractivity contribution in [2.45, 2.75) is 26.9 Å². The first-order valence-corrected chi connectivity index (χ1v) is 6.14. The number of aryl methyl sites for hydroxylation is 2. The SMILES string of the molecule is CCn1c(=[Te])n(CC)c2ccccc21. The number of imidazole rings is 1. The zero-order valence-electron chi connectivity index (χ0n) is 8.53. The summed E-state index contributed by atoms with van der Waals surface area (Å²) in [6.45, 7) is 6.48. The Morgan fingerprint density at radius 3 is 1.79 bits per heavy atom. The molecule has 0 bridgehead atoms. The molecule has 3 heteroatoms. The molecule has 0 aliphatic rings. The summed E-state index contributed by atoms with van der Waals surface area (Å²) in [7, 11) is 0. The molecule has 0 saturated heterocycles. The van der Waals surface area contributed by atoms with Crippen molar-refractivity contribution in [2.75, 3.05) is 0 Å². The molecule has 1 heterocycles. The van der Waals surface area contributed by atoms with E-state index in [2.05, 4.69) is 69.1 Å². The van der Waals surface area contributed by atoms with E-state index in [9.17, 15) is 0 Å². The molecule has 0 amide bonds. The van der Waals surface area contributed by atoms with Gasteiger partial charge in [-0.3, -0.25) is 0 Å². The van der Waals surface area contributed by atoms with Crippen LogP contribution in [0.2, 0.25) is 0 Å². The van der Waals surface area contributed by atoms with E-state index in [1.54, 1.807) is 0 Å². The molecule has 2 aromatic rings. The minimum atomic E-state index is 1.04. The van der Waals surface area contributed by atoms with Gasteiger partial charge in [-0.1, -0.05) is 0 Å². The van der Waals surface area contributed by atoms with E-state index in [1.165, 1.54) is 14.5 Å². The molecule has 0 fully saturated rings. The average Bonchev–Trinajstić information content (AvgIpc) is 2.49. The van der Waals surface area contributed by atoms with Gasteiger partial charge in [0.15, 0.2) is 0 Å². The zero-order chi connectivity index (χ0) is 10.1. The molecule has 2 nitrogen and oxygen atoms in total. The second kappa shape index (κ2) is 3.92. The Morgan fingerprint density at radius 1 is 1.00 bits per heavy atom. The van der Waals surface area contributed by atoms with Crippen molar-refractivity contribution >= 4 is 32.9 Å². The first-order chi connectivity index (χ1) is 6.79. The molecule has 0 saturated carbocycles. The van der Waals surface area contributed by atoms with Gasteiger partial charge < -0.3 is 0 Å². The molecule has 2 rings (SSSR count). The van der Waals surface area contributed by atoms with Crippen molar-refractivity contribution < 1.29 is 0 Å². The van der Waals surface area contributed by atoms with Gasteiger partial charge in [0.2, 0.25) is 0 Å². The number of nitrogens with zero attached hydrogens (tertiary/aromatic N) is 2. The van der Waals surface area contributed by atoms with Crippen LogP contribution in [0.5, 0.6) is 0 Å². The monoisotopic (exact) mass is 304 g/mol. The van der Waals surface area contributed by atoms with Crippen LogP contribution < -0.4 is 0 Å². The Hall–Kier alpha value is -0.520. The molecule has 0 radical (unpaired) electrons. The maximum atomic E-state index is 2.36. The zero-order valence-corrected chi connectivity index (χ0v) is 10.9. The van der Waals surface area contributed by atoms with Crippen molar-refractivity contribution in [1.29, 1.82) is 0 Å². The number of hydrogen-bond acceptors (Lipinski definition) is 0. The molecule has 74 valence electrons. The number of aromatic nitrogens is 2. The van der Waals surface area contributed by atoms with E-state index in [-0.39, 0.29) is 0 Å². The van der Waals surface area contributed by atoms with Crippen molar-refractivity contribution in [2.24, 2.45) is 0 Å². The number of hydrogen-bond donors (Lipinski definition) is 0. The third-order valence-corrected chi connectivity index (χ3v) is 3.82. The van der Waals surface area contributed by atoms with Gasteiger partial charge >= 0.3 is 96.6 Å². The van der Waals surface area contributed by atoms with Crippen LogP contribution in [0, 0.1) is 3.46 Å². The van der Waals surface area contributed by atoms with Crippen LogP contribution in [0.25, 0.3) is 11.0 Å². The van der Waals surface area contributed by atoms with Crippen molar-refractivity contribution in [3.05, 3.63) is 27.7 Å². The van der Waals surface area contributed by atoms with E-state index in [0.717, 1.165) is 13.1 Å². The number of fused-ring (bicyclic) bond motifs is 1. The summed E-state index contributed by atoms with van der Waals surface area (Å²) in [4.78, 5) is 0. The first-order valence-electron chi connectivity index (χ1n) is 4.97. The van der Waals surface area contributed by atoms with E-state index in [4.69, 9.17) is 0 Å². The van der Waals surface area contributed by atoms with Crippen LogP contribution >= 0.6 is 0 Å². The van der Waals surface area contributed by atoms with Crippen LogP contribution in [0.1, 0.15) is 13.8 Å². The second-order valence-corrected chi connectivity index (χ2v) is 4.30. The van der Waals surface area contributed by atoms with Crippen LogP contribution in [0.3, 0.4) is 0 Å². The van der Waals surface area contributed by atoms with Gasteiger partial charge in [-0.05, 0) is 0 Å². The average molecular weight is 302 g/mol. The van der Waals surface area contributed by atoms with Crippen molar-refractivity contribution in [3.63, 3.8) is 0 Å². The van der Waals surface area contributed by atoms with E-state index in [1.807, 2.05) is 0 Å². The van der Waals surface area contributed by atoms with Gasteiger partial charge in [-0.15, -0.1) is 0 Å². The normalized spacial score (nSPS) is 11.0. The van der Waals surface area contributed by atoms with E-state index in [0.29, 0.717) is 0 Å². The van der Waals surface area contributed by atoms with Gasteiger partial charge in [-0.25, -0.2) is 0 Å². The second-order valence-electron chi connectivity index (χ2n) is 3.26. The van der Waals surface area contributed by atoms with Crippen LogP contribution in [-0.4, -0.2) is 31.0 Å². The molecular weight excluding hydrogens is 288 g/mol. The molecule has 0 aliphatic heterocycles. The summed E-state index contributed by atoms with van der Waals surface area (Å²) in [5.74, 6) is 0. The first kappa shape index (κ1) is 10.0. The van der Waals surface area contributed by atoms with Crippen LogP contribution in [0.4, 0.5) is 0 Å². The van der Waals surface area contributed by atoms with Gasteiger partial charge in [0.1, 0.15) is 0 Å². The Balaban J connectivity index is 2.92. The van der Waals surface area contributed by atoms with Gasteiger partial charge in [0, 0.05) is 0 Å². The molecule has 0 spiro atoms. The summed E-state index contributed by atoms with van der Waals surface area (Å²) in [5.41, 5.74) is 2.69. The summed E-state index contributed by atoms with van der Waals surface area (Å²) in [5, 5.41) is 0. The van der Waals surface area contributed by atoms with E-state index < -0.39 is 0 Å². The fraction of sp³-hybridized carbons (Fsp3) is 0.364.